The number of hydrogen-bond donors (Lipinski definition) is 2. The number of nitrogens with two attached hydrogens (primary N) is 1. The molecule has 0 unspecified atom stereocenters. The van der Waals surface area contributed by atoms with E-state index in [0.717, 1.165) is 0 Å². The monoisotopic (exact) mass is 349 g/mol. The number of nitrogens with one attached hydrogen (secondary N) is 1. The molecule has 0 bridgehead atoms. The Morgan fingerprint density at radius 2 is 2.27 bits per heavy atom. The van der Waals surface area contributed by atoms with Crippen LogP contribution in [0.2, 0.25) is 0 Å². The summed E-state index contributed by atoms with van der Waals surface area (Å²) in [7, 11) is 3.44. The summed E-state index contributed by atoms with van der Waals surface area (Å²) < 4.78 is 7.55. The average molecular weight is 349 g/mol. The van der Waals surface area contributed by atoms with Crippen molar-refractivity contribution >= 4 is 33.9 Å². The van der Waals surface area contributed by atoms with E-state index in [1.165, 1.54) is 6.20 Å². The molecular weight excluding hydrogens is 334 g/mol. The Labute approximate surface area is 146 Å². The highest BCUT2D eigenvalue weighted by Gasteiger charge is 2.17. The Bertz CT molecular complexity index is 1240. The molecule has 0 saturated heterocycles. The molecule has 4 aromatic rings. The molecule has 0 radical (unpaired) electrons. The van der Waals surface area contributed by atoms with Crippen molar-refractivity contribution in [3.8, 4) is 11.3 Å². The minimum atomic E-state index is -0.470. The minimum Gasteiger partial charge on any atom is -0.450 e. The van der Waals surface area contributed by atoms with E-state index in [0.29, 0.717) is 44.6 Å². The molecule has 26 heavy (non-hydrogen) atoms. The first-order valence-electron chi connectivity index (χ1n) is 7.76. The largest absolute Gasteiger partial charge is 0.450 e. The van der Waals surface area contributed by atoms with Gasteiger partial charge in [-0.25, -0.2) is 4.79 Å². The summed E-state index contributed by atoms with van der Waals surface area (Å²) in [5.74, 6) is 0. The lowest BCUT2D eigenvalue weighted by Crippen LogP contribution is -2.10. The van der Waals surface area contributed by atoms with Gasteiger partial charge in [-0.3, -0.25) is 14.7 Å². The van der Waals surface area contributed by atoms with E-state index < -0.39 is 5.69 Å². The maximum absolute atomic E-state index is 12.1. The number of furan rings is 1. The van der Waals surface area contributed by atoms with E-state index >= 15 is 0 Å². The number of rotatable bonds is 3. The highest BCUT2D eigenvalue weighted by molar-refractivity contribution is 6.12. The molecule has 4 aromatic heterocycles. The quantitative estimate of drug-likeness (QED) is 0.539. The number of hydrogen-bond acceptors (Lipinski definition) is 7. The molecule has 0 saturated carbocycles. The Morgan fingerprint density at radius 3 is 2.96 bits per heavy atom. The van der Waals surface area contributed by atoms with Crippen molar-refractivity contribution in [2.75, 3.05) is 7.05 Å². The molecule has 0 amide bonds. The second-order valence-corrected chi connectivity index (χ2v) is 5.67. The second kappa shape index (κ2) is 5.96. The van der Waals surface area contributed by atoms with Crippen LogP contribution in [0.1, 0.15) is 5.69 Å². The molecular formula is C17H15N7O2. The summed E-state index contributed by atoms with van der Waals surface area (Å²) in [5.41, 5.74) is 9.13. The zero-order valence-corrected chi connectivity index (χ0v) is 14.1. The molecule has 130 valence electrons. The summed E-state index contributed by atoms with van der Waals surface area (Å²) >= 11 is 0. The number of pyridine rings is 1. The number of H-pyrrole nitrogens is 1. The van der Waals surface area contributed by atoms with Gasteiger partial charge in [0.15, 0.2) is 11.2 Å². The van der Waals surface area contributed by atoms with Crippen molar-refractivity contribution in [3.63, 3.8) is 0 Å². The third kappa shape index (κ3) is 2.46. The first-order valence-corrected chi connectivity index (χ1v) is 7.76. The maximum Gasteiger partial charge on any atom is 0.346 e. The Hall–Kier alpha value is -3.75. The van der Waals surface area contributed by atoms with Crippen LogP contribution < -0.4 is 11.4 Å². The Kier molecular flexibility index (Phi) is 3.61. The normalized spacial score (nSPS) is 12.6. The average Bonchev–Trinajstić information content (AvgIpc) is 3.22. The van der Waals surface area contributed by atoms with Gasteiger partial charge in [-0.1, -0.05) is 0 Å². The van der Waals surface area contributed by atoms with Crippen LogP contribution in [-0.4, -0.2) is 38.0 Å². The van der Waals surface area contributed by atoms with E-state index in [1.807, 2.05) is 0 Å². The smallest absolute Gasteiger partial charge is 0.346 e. The molecule has 0 spiro atoms. The van der Waals surface area contributed by atoms with Crippen molar-refractivity contribution < 1.29 is 4.42 Å². The number of nitrogens with zero attached hydrogens (tertiary/aromatic N) is 5. The lowest BCUT2D eigenvalue weighted by molar-refractivity contribution is 0.664. The topological polar surface area (TPSA) is 128 Å². The van der Waals surface area contributed by atoms with Crippen molar-refractivity contribution in [2.45, 2.75) is 0 Å². The van der Waals surface area contributed by atoms with Crippen LogP contribution in [0.25, 0.3) is 38.9 Å². The van der Waals surface area contributed by atoms with Gasteiger partial charge in [0, 0.05) is 49.2 Å². The maximum atomic E-state index is 12.1. The SMILES string of the molecule is CN=C/C(=C\N)c1cc2c(cn1)oc1c(-c3cnn(C)c3)nc(=O)[nH]c12. The fourth-order valence-electron chi connectivity index (χ4n) is 2.81. The molecule has 9 heteroatoms. The van der Waals surface area contributed by atoms with Crippen LogP contribution in [0.15, 0.2) is 45.1 Å². The van der Waals surface area contributed by atoms with Gasteiger partial charge in [0.2, 0.25) is 0 Å². The van der Waals surface area contributed by atoms with Gasteiger partial charge >= 0.3 is 5.69 Å². The second-order valence-electron chi connectivity index (χ2n) is 5.67. The third-order valence-electron chi connectivity index (χ3n) is 3.96. The van der Waals surface area contributed by atoms with Crippen LogP contribution in [0.4, 0.5) is 0 Å². The fraction of sp³-hybridized carbons (Fsp3) is 0.118. The molecule has 4 heterocycles. The fourth-order valence-corrected chi connectivity index (χ4v) is 2.81. The zero-order valence-electron chi connectivity index (χ0n) is 14.1. The van der Waals surface area contributed by atoms with Crippen molar-refractivity contribution in [1.29, 1.82) is 0 Å². The summed E-state index contributed by atoms with van der Waals surface area (Å²) in [4.78, 5) is 27.2. The summed E-state index contributed by atoms with van der Waals surface area (Å²) in [6.07, 6.45) is 8.02. The molecule has 0 aromatic carbocycles. The number of aromatic nitrogens is 5. The minimum absolute atomic E-state index is 0.430. The molecule has 0 atom stereocenters. The highest BCUT2D eigenvalue weighted by Crippen LogP contribution is 2.32. The van der Waals surface area contributed by atoms with Gasteiger partial charge in [-0.2, -0.15) is 10.1 Å². The third-order valence-corrected chi connectivity index (χ3v) is 3.96. The van der Waals surface area contributed by atoms with Gasteiger partial charge in [0.05, 0.1) is 23.6 Å². The van der Waals surface area contributed by atoms with E-state index in [1.54, 1.807) is 49.6 Å². The van der Waals surface area contributed by atoms with Crippen molar-refractivity contribution in [1.82, 2.24) is 24.7 Å². The lowest BCUT2D eigenvalue weighted by Gasteiger charge is -1.99. The van der Waals surface area contributed by atoms with Crippen LogP contribution in [-0.2, 0) is 7.05 Å². The Morgan fingerprint density at radius 1 is 1.42 bits per heavy atom. The standard InChI is InChI=1S/C17H15N7O2/c1-19-5-9(4-18)12-3-11-13(7-20-12)26-16-14(10-6-21-24(2)8-10)22-17(25)23-15(11)16/h3-8H,18H2,1-2H3,(H,22,23,25)/b9-4+,19-5?. The predicted molar refractivity (Wildman–Crippen MR) is 98.7 cm³/mol. The molecule has 3 N–H and O–H groups in total. The molecule has 9 nitrogen and oxygen atoms in total. The van der Waals surface area contributed by atoms with E-state index in [9.17, 15) is 4.79 Å². The van der Waals surface area contributed by atoms with E-state index in [-0.39, 0.29) is 0 Å². The van der Waals surface area contributed by atoms with Gasteiger partial charge < -0.3 is 15.1 Å². The van der Waals surface area contributed by atoms with Gasteiger partial charge in [0.25, 0.3) is 0 Å². The molecule has 4 rings (SSSR count). The predicted octanol–water partition coefficient (Wildman–Crippen LogP) is 1.46. The summed E-state index contributed by atoms with van der Waals surface area (Å²) in [5, 5.41) is 4.83. The van der Waals surface area contributed by atoms with E-state index in [2.05, 4.69) is 25.0 Å². The van der Waals surface area contributed by atoms with Gasteiger partial charge in [-0.15, -0.1) is 0 Å². The number of aromatic amines is 1. The van der Waals surface area contributed by atoms with Crippen LogP contribution in [0.5, 0.6) is 0 Å². The molecule has 0 aliphatic carbocycles. The summed E-state index contributed by atoms with van der Waals surface area (Å²) in [6.45, 7) is 0. The first kappa shape index (κ1) is 15.8. The van der Waals surface area contributed by atoms with Crippen LogP contribution in [0, 0.1) is 0 Å². The molecule has 0 aliphatic rings. The number of fused-ring (bicyclic) bond motifs is 3. The van der Waals surface area contributed by atoms with Gasteiger partial charge in [-0.05, 0) is 6.07 Å². The number of aliphatic imine (C=N–C) groups is 1. The Balaban J connectivity index is 2.02. The van der Waals surface area contributed by atoms with Crippen molar-refractivity contribution in [3.05, 3.63) is 47.0 Å². The van der Waals surface area contributed by atoms with Crippen LogP contribution in [0.3, 0.4) is 0 Å². The first-order chi connectivity index (χ1) is 12.6. The van der Waals surface area contributed by atoms with Crippen LogP contribution >= 0.6 is 0 Å². The van der Waals surface area contributed by atoms with Gasteiger partial charge in [0.1, 0.15) is 5.69 Å². The van der Waals surface area contributed by atoms with E-state index in [4.69, 9.17) is 10.2 Å². The number of allylic oxidation sites excluding steroid dienone is 1. The molecule has 0 fully saturated rings. The van der Waals surface area contributed by atoms with Crippen molar-refractivity contribution in [2.24, 2.45) is 17.8 Å². The highest BCUT2D eigenvalue weighted by atomic mass is 16.3. The lowest BCUT2D eigenvalue weighted by atomic mass is 10.1. The summed E-state index contributed by atoms with van der Waals surface area (Å²) in [6, 6.07) is 1.80. The molecule has 0 aliphatic heterocycles. The number of aryl methyl sites for hydroxylation is 1. The zero-order chi connectivity index (χ0) is 18.3.